The average Bonchev–Trinajstić information content (AvgIpc) is 2.95. The van der Waals surface area contributed by atoms with Crippen LogP contribution in [0.15, 0.2) is 18.5 Å². The van der Waals surface area contributed by atoms with Crippen LogP contribution in [0.2, 0.25) is 0 Å². The minimum absolute atomic E-state index is 0.0328. The van der Waals surface area contributed by atoms with E-state index in [1.165, 1.54) is 12.3 Å². The molecule has 0 unspecified atom stereocenters. The number of aromatic nitrogens is 1. The normalized spacial score (nSPS) is 25.3. The molecule has 1 saturated carbocycles. The van der Waals surface area contributed by atoms with Gasteiger partial charge in [0, 0.05) is 12.4 Å². The van der Waals surface area contributed by atoms with Crippen LogP contribution in [0.3, 0.4) is 0 Å². The minimum Gasteiger partial charge on any atom is -0.330 e. The van der Waals surface area contributed by atoms with Gasteiger partial charge in [0.1, 0.15) is 0 Å². The van der Waals surface area contributed by atoms with Crippen LogP contribution in [0.25, 0.3) is 0 Å². The Bertz CT molecular complexity index is 362. The lowest BCUT2D eigenvalue weighted by Crippen LogP contribution is -2.10. The number of nitrogens with zero attached hydrogens (tertiary/aromatic N) is 1. The molecule has 2 nitrogen and oxygen atoms in total. The topological polar surface area (TPSA) is 38.9 Å². The van der Waals surface area contributed by atoms with Crippen LogP contribution in [0, 0.1) is 5.92 Å². The summed E-state index contributed by atoms with van der Waals surface area (Å²) in [6, 6.07) is 1.45. The third-order valence-electron chi connectivity index (χ3n) is 2.79. The zero-order valence-corrected chi connectivity index (χ0v) is 7.96. The van der Waals surface area contributed by atoms with Gasteiger partial charge in [-0.15, -0.1) is 0 Å². The van der Waals surface area contributed by atoms with Gasteiger partial charge in [-0.05, 0) is 36.4 Å². The smallest absolute Gasteiger partial charge is 0.330 e. The third kappa shape index (κ3) is 1.97. The first-order chi connectivity index (χ1) is 7.04. The highest BCUT2D eigenvalue weighted by atomic mass is 19.4. The maximum atomic E-state index is 12.6. The van der Waals surface area contributed by atoms with E-state index in [1.807, 2.05) is 0 Å². The maximum absolute atomic E-state index is 12.6. The summed E-state index contributed by atoms with van der Waals surface area (Å²) in [5, 5.41) is 0. The van der Waals surface area contributed by atoms with E-state index < -0.39 is 11.7 Å². The van der Waals surface area contributed by atoms with E-state index >= 15 is 0 Å². The molecule has 1 aliphatic rings. The van der Waals surface area contributed by atoms with Gasteiger partial charge in [0.2, 0.25) is 0 Å². The minimum atomic E-state index is -4.31. The van der Waals surface area contributed by atoms with E-state index in [4.69, 9.17) is 5.73 Å². The SMILES string of the molecule is NC[C@@H]1C[C@H]1c1ccncc1C(F)(F)F. The molecule has 0 bridgehead atoms. The molecule has 5 heteroatoms. The van der Waals surface area contributed by atoms with Gasteiger partial charge in [0.05, 0.1) is 5.56 Å². The van der Waals surface area contributed by atoms with Crippen molar-refractivity contribution in [3.05, 3.63) is 29.6 Å². The average molecular weight is 216 g/mol. The molecule has 2 rings (SSSR count). The summed E-state index contributed by atoms with van der Waals surface area (Å²) in [6.07, 6.45) is -1.27. The van der Waals surface area contributed by atoms with Crippen LogP contribution in [-0.2, 0) is 6.18 Å². The Morgan fingerprint density at radius 3 is 2.73 bits per heavy atom. The number of nitrogens with two attached hydrogens (primary N) is 1. The summed E-state index contributed by atoms with van der Waals surface area (Å²) in [5.41, 5.74) is 5.15. The van der Waals surface area contributed by atoms with Gasteiger partial charge in [0.15, 0.2) is 0 Å². The first kappa shape index (κ1) is 10.4. The van der Waals surface area contributed by atoms with Crippen LogP contribution in [0.1, 0.15) is 23.5 Å². The van der Waals surface area contributed by atoms with E-state index in [1.54, 1.807) is 0 Å². The molecule has 15 heavy (non-hydrogen) atoms. The molecule has 1 aromatic heterocycles. The predicted molar refractivity (Wildman–Crippen MR) is 49.1 cm³/mol. The number of alkyl halides is 3. The molecule has 0 aliphatic heterocycles. The van der Waals surface area contributed by atoms with Gasteiger partial charge in [-0.25, -0.2) is 0 Å². The van der Waals surface area contributed by atoms with Gasteiger partial charge in [-0.3, -0.25) is 4.98 Å². The molecule has 0 aromatic carbocycles. The van der Waals surface area contributed by atoms with Crippen LogP contribution < -0.4 is 5.73 Å². The van der Waals surface area contributed by atoms with Gasteiger partial charge in [-0.1, -0.05) is 0 Å². The van der Waals surface area contributed by atoms with Gasteiger partial charge < -0.3 is 5.73 Å². The number of hydrogen-bond acceptors (Lipinski definition) is 2. The highest BCUT2D eigenvalue weighted by Crippen LogP contribution is 2.49. The van der Waals surface area contributed by atoms with Crippen LogP contribution >= 0.6 is 0 Å². The van der Waals surface area contributed by atoms with Crippen molar-refractivity contribution in [2.75, 3.05) is 6.54 Å². The molecule has 1 fully saturated rings. The highest BCUT2D eigenvalue weighted by Gasteiger charge is 2.43. The van der Waals surface area contributed by atoms with E-state index in [-0.39, 0.29) is 11.8 Å². The first-order valence-corrected chi connectivity index (χ1v) is 4.75. The molecule has 82 valence electrons. The molecule has 0 radical (unpaired) electrons. The number of pyridine rings is 1. The van der Waals surface area contributed by atoms with Crippen molar-refractivity contribution in [3.8, 4) is 0 Å². The van der Waals surface area contributed by atoms with Gasteiger partial charge >= 0.3 is 6.18 Å². The molecular formula is C10H11F3N2. The second-order valence-electron chi connectivity index (χ2n) is 3.80. The summed E-state index contributed by atoms with van der Waals surface area (Å²) in [7, 11) is 0. The predicted octanol–water partition coefficient (Wildman–Crippen LogP) is 2.16. The Morgan fingerprint density at radius 2 is 2.20 bits per heavy atom. The van der Waals surface area contributed by atoms with Crippen molar-refractivity contribution in [2.45, 2.75) is 18.5 Å². The van der Waals surface area contributed by atoms with E-state index in [2.05, 4.69) is 4.98 Å². The van der Waals surface area contributed by atoms with Gasteiger partial charge in [0.25, 0.3) is 0 Å². The van der Waals surface area contributed by atoms with Crippen molar-refractivity contribution in [2.24, 2.45) is 11.7 Å². The van der Waals surface area contributed by atoms with Crippen molar-refractivity contribution < 1.29 is 13.2 Å². The van der Waals surface area contributed by atoms with Crippen LogP contribution in [0.5, 0.6) is 0 Å². The number of rotatable bonds is 2. The van der Waals surface area contributed by atoms with E-state index in [0.717, 1.165) is 12.6 Å². The largest absolute Gasteiger partial charge is 0.418 e. The Morgan fingerprint density at radius 1 is 1.47 bits per heavy atom. The molecule has 1 aliphatic carbocycles. The Hall–Kier alpha value is -1.10. The van der Waals surface area contributed by atoms with E-state index in [9.17, 15) is 13.2 Å². The molecule has 0 saturated heterocycles. The number of halogens is 3. The molecule has 1 heterocycles. The molecule has 0 amide bonds. The summed E-state index contributed by atoms with van der Waals surface area (Å²) < 4.78 is 37.8. The summed E-state index contributed by atoms with van der Waals surface area (Å²) >= 11 is 0. The second kappa shape index (κ2) is 3.48. The van der Waals surface area contributed by atoms with Crippen molar-refractivity contribution >= 4 is 0 Å². The fraction of sp³-hybridized carbons (Fsp3) is 0.500. The van der Waals surface area contributed by atoms with Crippen molar-refractivity contribution in [3.63, 3.8) is 0 Å². The number of hydrogen-bond donors (Lipinski definition) is 1. The fourth-order valence-corrected chi connectivity index (χ4v) is 1.85. The standard InChI is InChI=1S/C10H11F3N2/c11-10(12,13)9-5-15-2-1-7(9)8-3-6(8)4-14/h1-2,5-6,8H,3-4,14H2/t6-,8+/m0/s1. The Labute approximate surface area is 85.3 Å². The van der Waals surface area contributed by atoms with Crippen LogP contribution in [-0.4, -0.2) is 11.5 Å². The second-order valence-corrected chi connectivity index (χ2v) is 3.80. The molecular weight excluding hydrogens is 205 g/mol. The maximum Gasteiger partial charge on any atom is 0.418 e. The Balaban J connectivity index is 2.32. The lowest BCUT2D eigenvalue weighted by Gasteiger charge is -2.11. The Kier molecular flexibility index (Phi) is 2.42. The summed E-state index contributed by atoms with van der Waals surface area (Å²) in [4.78, 5) is 3.52. The van der Waals surface area contributed by atoms with Gasteiger partial charge in [-0.2, -0.15) is 13.2 Å². The van der Waals surface area contributed by atoms with Crippen LogP contribution in [0.4, 0.5) is 13.2 Å². The first-order valence-electron chi connectivity index (χ1n) is 4.75. The molecule has 0 spiro atoms. The zero-order valence-electron chi connectivity index (χ0n) is 7.96. The quantitative estimate of drug-likeness (QED) is 0.822. The molecule has 2 N–H and O–H groups in total. The monoisotopic (exact) mass is 216 g/mol. The van der Waals surface area contributed by atoms with Crippen molar-refractivity contribution in [1.82, 2.24) is 4.98 Å². The fourth-order valence-electron chi connectivity index (χ4n) is 1.85. The molecule has 1 aromatic rings. The van der Waals surface area contributed by atoms with E-state index in [0.29, 0.717) is 12.1 Å². The third-order valence-corrected chi connectivity index (χ3v) is 2.79. The highest BCUT2D eigenvalue weighted by molar-refractivity contribution is 5.34. The lowest BCUT2D eigenvalue weighted by atomic mass is 10.0. The lowest BCUT2D eigenvalue weighted by molar-refractivity contribution is -0.138. The summed E-state index contributed by atoms with van der Waals surface area (Å²) in [5.74, 6) is 0.170. The van der Waals surface area contributed by atoms with Crippen molar-refractivity contribution in [1.29, 1.82) is 0 Å². The zero-order chi connectivity index (χ0) is 11.1. The summed E-state index contributed by atoms with van der Waals surface area (Å²) in [6.45, 7) is 0.449. The molecule has 2 atom stereocenters.